The van der Waals surface area contributed by atoms with Gasteiger partial charge in [-0.15, -0.1) is 0 Å². The minimum Gasteiger partial charge on any atom is -0.382 e. The first-order chi connectivity index (χ1) is 17.0. The fraction of sp³-hybridized carbons (Fsp3) is 0.269. The lowest BCUT2D eigenvalue weighted by Crippen LogP contribution is -2.52. The highest BCUT2D eigenvalue weighted by molar-refractivity contribution is 5.63. The Morgan fingerprint density at radius 1 is 0.914 bits per heavy atom. The maximum Gasteiger partial charge on any atom is 0.137 e. The summed E-state index contributed by atoms with van der Waals surface area (Å²) >= 11 is 0. The lowest BCUT2D eigenvalue weighted by atomic mass is 9.92. The van der Waals surface area contributed by atoms with Crippen molar-refractivity contribution in [2.45, 2.75) is 12.1 Å². The van der Waals surface area contributed by atoms with Gasteiger partial charge in [0.05, 0.1) is 12.2 Å². The predicted molar refractivity (Wildman–Crippen MR) is 129 cm³/mol. The van der Waals surface area contributed by atoms with E-state index in [0.29, 0.717) is 13.1 Å². The van der Waals surface area contributed by atoms with Crippen molar-refractivity contribution in [3.05, 3.63) is 96.7 Å². The first kappa shape index (κ1) is 23.1. The van der Waals surface area contributed by atoms with Gasteiger partial charge in [-0.05, 0) is 30.3 Å². The van der Waals surface area contributed by atoms with Crippen molar-refractivity contribution in [2.75, 3.05) is 37.6 Å². The van der Waals surface area contributed by atoms with Crippen LogP contribution in [0.25, 0.3) is 11.3 Å². The normalized spacial score (nSPS) is 16.3. The monoisotopic (exact) mass is 476 g/mol. The first-order valence-electron chi connectivity index (χ1n) is 11.5. The minimum absolute atomic E-state index is 0.00471. The summed E-state index contributed by atoms with van der Waals surface area (Å²) in [6.45, 7) is 3.07. The standard InChI is InChI=1S/C26H26F2N6O/c27-21-6-9-23(24(28)15-21)26(35,17-34-19-29-18-31-34)16-32-11-13-33(14-12-32)22-7-4-20(5-8-22)25-3-1-2-10-30-25/h1-10,15,18-19,35H,11-14,16-17H2. The SMILES string of the molecule is OC(CN1CCN(c2ccc(-c3ccccn3)cc2)CC1)(Cn1cncn1)c1ccc(F)cc1F. The Kier molecular flexibility index (Phi) is 6.52. The van der Waals surface area contributed by atoms with Crippen LogP contribution >= 0.6 is 0 Å². The van der Waals surface area contributed by atoms with E-state index in [9.17, 15) is 13.9 Å². The molecule has 180 valence electrons. The van der Waals surface area contributed by atoms with E-state index in [2.05, 4.69) is 49.1 Å². The van der Waals surface area contributed by atoms with E-state index in [0.717, 1.165) is 42.2 Å². The van der Waals surface area contributed by atoms with E-state index in [4.69, 9.17) is 0 Å². The molecule has 1 saturated heterocycles. The van der Waals surface area contributed by atoms with Crippen LogP contribution in [0.1, 0.15) is 5.56 Å². The molecule has 9 heteroatoms. The number of hydrogen-bond acceptors (Lipinski definition) is 6. The molecule has 0 spiro atoms. The molecular formula is C26H26F2N6O. The van der Waals surface area contributed by atoms with Crippen molar-refractivity contribution >= 4 is 5.69 Å². The van der Waals surface area contributed by atoms with Crippen molar-refractivity contribution in [3.8, 4) is 11.3 Å². The molecule has 1 aliphatic heterocycles. The van der Waals surface area contributed by atoms with Crippen LogP contribution in [-0.2, 0) is 12.1 Å². The second-order valence-electron chi connectivity index (χ2n) is 8.77. The van der Waals surface area contributed by atoms with E-state index in [-0.39, 0.29) is 18.7 Å². The van der Waals surface area contributed by atoms with Gasteiger partial charge in [0, 0.05) is 61.8 Å². The number of halogens is 2. The van der Waals surface area contributed by atoms with E-state index in [1.807, 2.05) is 18.2 Å². The molecule has 0 saturated carbocycles. The third-order valence-corrected chi connectivity index (χ3v) is 6.37. The van der Waals surface area contributed by atoms with Gasteiger partial charge < -0.3 is 10.0 Å². The summed E-state index contributed by atoms with van der Waals surface area (Å²) in [7, 11) is 0. The molecular weight excluding hydrogens is 450 g/mol. The van der Waals surface area contributed by atoms with Crippen LogP contribution < -0.4 is 4.90 Å². The Labute approximate surface area is 202 Å². The summed E-state index contributed by atoms with van der Waals surface area (Å²) in [5, 5.41) is 15.7. The highest BCUT2D eigenvalue weighted by Crippen LogP contribution is 2.29. The number of nitrogens with zero attached hydrogens (tertiary/aromatic N) is 6. The number of piperazine rings is 1. The van der Waals surface area contributed by atoms with E-state index >= 15 is 0 Å². The summed E-state index contributed by atoms with van der Waals surface area (Å²) in [4.78, 5) is 12.7. The van der Waals surface area contributed by atoms with Gasteiger partial charge in [0.15, 0.2) is 0 Å². The third-order valence-electron chi connectivity index (χ3n) is 6.37. The van der Waals surface area contributed by atoms with Gasteiger partial charge in [-0.2, -0.15) is 5.10 Å². The average molecular weight is 477 g/mol. The minimum atomic E-state index is -1.60. The van der Waals surface area contributed by atoms with Crippen LogP contribution in [0.2, 0.25) is 0 Å². The highest BCUT2D eigenvalue weighted by Gasteiger charge is 2.36. The molecule has 0 aliphatic carbocycles. The zero-order valence-corrected chi connectivity index (χ0v) is 19.1. The molecule has 0 radical (unpaired) electrons. The van der Waals surface area contributed by atoms with Crippen LogP contribution in [0.3, 0.4) is 0 Å². The smallest absolute Gasteiger partial charge is 0.137 e. The Hall–Kier alpha value is -3.69. The number of aliphatic hydroxyl groups is 1. The van der Waals surface area contributed by atoms with Gasteiger partial charge in [0.2, 0.25) is 0 Å². The van der Waals surface area contributed by atoms with Gasteiger partial charge in [-0.25, -0.2) is 18.4 Å². The highest BCUT2D eigenvalue weighted by atomic mass is 19.1. The molecule has 0 bridgehead atoms. The number of β-amino-alcohol motifs (C(OH)–C–C–N with tert-alkyl or cyclic N) is 1. The lowest BCUT2D eigenvalue weighted by Gasteiger charge is -2.40. The number of rotatable bonds is 7. The Balaban J connectivity index is 1.27. The molecule has 1 N–H and O–H groups in total. The number of anilines is 1. The predicted octanol–water partition coefficient (Wildman–Crippen LogP) is 3.33. The first-order valence-corrected chi connectivity index (χ1v) is 11.5. The van der Waals surface area contributed by atoms with Crippen LogP contribution in [0.15, 0.2) is 79.5 Å². The van der Waals surface area contributed by atoms with Crippen molar-refractivity contribution in [2.24, 2.45) is 0 Å². The number of pyridine rings is 1. The summed E-state index contributed by atoms with van der Waals surface area (Å²) in [5.74, 6) is -1.46. The van der Waals surface area contributed by atoms with E-state index < -0.39 is 17.2 Å². The summed E-state index contributed by atoms with van der Waals surface area (Å²) in [5.41, 5.74) is 1.56. The quantitative estimate of drug-likeness (QED) is 0.441. The summed E-state index contributed by atoms with van der Waals surface area (Å²) in [6.07, 6.45) is 4.61. The van der Waals surface area contributed by atoms with Crippen LogP contribution in [0.4, 0.5) is 14.5 Å². The van der Waals surface area contributed by atoms with E-state index in [1.54, 1.807) is 6.20 Å². The maximum absolute atomic E-state index is 14.7. The lowest BCUT2D eigenvalue weighted by molar-refractivity contribution is -0.0227. The second kappa shape index (κ2) is 9.89. The van der Waals surface area contributed by atoms with Gasteiger partial charge in [0.25, 0.3) is 0 Å². The van der Waals surface area contributed by atoms with Crippen molar-refractivity contribution in [1.82, 2.24) is 24.6 Å². The van der Waals surface area contributed by atoms with Gasteiger partial charge in [-0.3, -0.25) is 9.88 Å². The Morgan fingerprint density at radius 2 is 1.71 bits per heavy atom. The van der Waals surface area contributed by atoms with Crippen LogP contribution in [0.5, 0.6) is 0 Å². The number of aromatic nitrogens is 4. The molecule has 2 aromatic heterocycles. The molecule has 1 atom stereocenters. The largest absolute Gasteiger partial charge is 0.382 e. The zero-order valence-electron chi connectivity index (χ0n) is 19.1. The molecule has 7 nitrogen and oxygen atoms in total. The molecule has 3 heterocycles. The Bertz CT molecular complexity index is 1240. The van der Waals surface area contributed by atoms with Crippen molar-refractivity contribution in [1.29, 1.82) is 0 Å². The topological polar surface area (TPSA) is 70.3 Å². The Morgan fingerprint density at radius 3 is 2.37 bits per heavy atom. The molecule has 35 heavy (non-hydrogen) atoms. The zero-order chi connectivity index (χ0) is 24.3. The van der Waals surface area contributed by atoms with Crippen molar-refractivity contribution < 1.29 is 13.9 Å². The fourth-order valence-corrected chi connectivity index (χ4v) is 4.58. The van der Waals surface area contributed by atoms with Crippen LogP contribution in [0, 0.1) is 11.6 Å². The number of hydrogen-bond donors (Lipinski definition) is 1. The summed E-state index contributed by atoms with van der Waals surface area (Å²) in [6, 6.07) is 17.4. The summed E-state index contributed by atoms with van der Waals surface area (Å²) < 4.78 is 29.7. The second-order valence-corrected chi connectivity index (χ2v) is 8.77. The molecule has 2 aromatic carbocycles. The molecule has 0 amide bonds. The van der Waals surface area contributed by atoms with E-state index in [1.165, 1.54) is 23.4 Å². The van der Waals surface area contributed by atoms with Crippen molar-refractivity contribution in [3.63, 3.8) is 0 Å². The van der Waals surface area contributed by atoms with Gasteiger partial charge in [-0.1, -0.05) is 24.3 Å². The number of benzene rings is 2. The average Bonchev–Trinajstić information content (AvgIpc) is 3.38. The molecule has 4 aromatic rings. The van der Waals surface area contributed by atoms with Gasteiger partial charge in [0.1, 0.15) is 29.9 Å². The molecule has 1 aliphatic rings. The fourth-order valence-electron chi connectivity index (χ4n) is 4.58. The molecule has 1 unspecified atom stereocenters. The maximum atomic E-state index is 14.7. The van der Waals surface area contributed by atoms with Gasteiger partial charge >= 0.3 is 0 Å². The molecule has 1 fully saturated rings. The third kappa shape index (κ3) is 5.21. The van der Waals surface area contributed by atoms with Crippen LogP contribution in [-0.4, -0.2) is 62.5 Å². The molecule has 5 rings (SSSR count).